The molecule has 1 fully saturated rings. The molecule has 31 heavy (non-hydrogen) atoms. The summed E-state index contributed by atoms with van der Waals surface area (Å²) in [5, 5.41) is 0. The highest BCUT2D eigenvalue weighted by atomic mass is 32.2. The Morgan fingerprint density at radius 1 is 0.774 bits per heavy atom. The van der Waals surface area contributed by atoms with Gasteiger partial charge in [-0.25, -0.2) is 17.2 Å². The standard InChI is InChI=1S/C24H21F2NO3S/c25-20-10-6-18(7-11-20)23(28)24(19-8-12-21(26)13-9-19)14-16-27(17-15-24)31(29,30)22-4-2-1-3-5-22/h1-13H,14-17H2. The molecular formula is C24H21F2NO3S. The quantitative estimate of drug-likeness (QED) is 0.545. The van der Waals surface area contributed by atoms with Crippen molar-refractivity contribution in [2.24, 2.45) is 0 Å². The molecule has 0 atom stereocenters. The second-order valence-corrected chi connectivity index (χ2v) is 9.58. The highest BCUT2D eigenvalue weighted by molar-refractivity contribution is 7.89. The van der Waals surface area contributed by atoms with Gasteiger partial charge in [0, 0.05) is 18.7 Å². The average Bonchev–Trinajstić information content (AvgIpc) is 2.80. The zero-order chi connectivity index (χ0) is 22.1. The van der Waals surface area contributed by atoms with Gasteiger partial charge in [-0.15, -0.1) is 0 Å². The maximum absolute atomic E-state index is 13.6. The number of nitrogens with zero attached hydrogens (tertiary/aromatic N) is 1. The molecule has 160 valence electrons. The van der Waals surface area contributed by atoms with Crippen molar-refractivity contribution in [3.8, 4) is 0 Å². The number of rotatable bonds is 5. The number of carbonyl (C=O) groups is 1. The van der Waals surface area contributed by atoms with E-state index in [-0.39, 0.29) is 36.6 Å². The fourth-order valence-corrected chi connectivity index (χ4v) is 5.61. The highest BCUT2D eigenvalue weighted by Crippen LogP contribution is 2.40. The van der Waals surface area contributed by atoms with Crippen molar-refractivity contribution >= 4 is 15.8 Å². The summed E-state index contributed by atoms with van der Waals surface area (Å²) in [7, 11) is -3.68. The Morgan fingerprint density at radius 3 is 1.84 bits per heavy atom. The minimum absolute atomic E-state index is 0.140. The van der Waals surface area contributed by atoms with Crippen LogP contribution in [0.2, 0.25) is 0 Å². The largest absolute Gasteiger partial charge is 0.293 e. The summed E-state index contributed by atoms with van der Waals surface area (Å²) in [6, 6.07) is 19.2. The van der Waals surface area contributed by atoms with Crippen LogP contribution < -0.4 is 0 Å². The van der Waals surface area contributed by atoms with E-state index in [1.54, 1.807) is 42.5 Å². The summed E-state index contributed by atoms with van der Waals surface area (Å²) in [5.41, 5.74) is -0.0566. The Bertz CT molecular complexity index is 1170. The second kappa shape index (κ2) is 8.32. The minimum Gasteiger partial charge on any atom is -0.293 e. The lowest BCUT2D eigenvalue weighted by molar-refractivity contribution is 0.0819. The van der Waals surface area contributed by atoms with Crippen LogP contribution in [0.15, 0.2) is 83.8 Å². The van der Waals surface area contributed by atoms with Crippen LogP contribution in [0.3, 0.4) is 0 Å². The first kappa shape index (κ1) is 21.3. The van der Waals surface area contributed by atoms with Crippen molar-refractivity contribution in [1.29, 1.82) is 0 Å². The molecule has 0 saturated carbocycles. The Hall–Kier alpha value is -2.90. The lowest BCUT2D eigenvalue weighted by atomic mass is 9.68. The van der Waals surface area contributed by atoms with Crippen molar-refractivity contribution in [1.82, 2.24) is 4.31 Å². The van der Waals surface area contributed by atoms with Crippen molar-refractivity contribution < 1.29 is 22.0 Å². The van der Waals surface area contributed by atoms with Gasteiger partial charge in [0.25, 0.3) is 0 Å². The maximum Gasteiger partial charge on any atom is 0.243 e. The van der Waals surface area contributed by atoms with E-state index in [9.17, 15) is 22.0 Å². The molecule has 1 heterocycles. The van der Waals surface area contributed by atoms with E-state index in [2.05, 4.69) is 0 Å². The number of benzene rings is 3. The fraction of sp³-hybridized carbons (Fsp3) is 0.208. The molecular weight excluding hydrogens is 420 g/mol. The van der Waals surface area contributed by atoms with Gasteiger partial charge in [0.05, 0.1) is 10.3 Å². The minimum atomic E-state index is -3.68. The van der Waals surface area contributed by atoms with Gasteiger partial charge in [-0.05, 0) is 66.9 Å². The molecule has 4 nitrogen and oxygen atoms in total. The third kappa shape index (κ3) is 4.03. The van der Waals surface area contributed by atoms with Gasteiger partial charge >= 0.3 is 0 Å². The summed E-state index contributed by atoms with van der Waals surface area (Å²) in [5.74, 6) is -1.09. The van der Waals surface area contributed by atoms with Crippen LogP contribution >= 0.6 is 0 Å². The molecule has 7 heteroatoms. The monoisotopic (exact) mass is 441 g/mol. The predicted octanol–water partition coefficient (Wildman–Crippen LogP) is 4.57. The Morgan fingerprint density at radius 2 is 1.29 bits per heavy atom. The van der Waals surface area contributed by atoms with Crippen molar-refractivity contribution in [3.63, 3.8) is 0 Å². The molecule has 3 aromatic carbocycles. The molecule has 0 N–H and O–H groups in total. The smallest absolute Gasteiger partial charge is 0.243 e. The van der Waals surface area contributed by atoms with Crippen molar-refractivity contribution in [2.75, 3.05) is 13.1 Å². The van der Waals surface area contributed by atoms with Crippen LogP contribution in [0, 0.1) is 11.6 Å². The zero-order valence-corrected chi connectivity index (χ0v) is 17.5. The van der Waals surface area contributed by atoms with Gasteiger partial charge < -0.3 is 0 Å². The van der Waals surface area contributed by atoms with Gasteiger partial charge in [-0.1, -0.05) is 30.3 Å². The Labute approximate surface area is 180 Å². The average molecular weight is 441 g/mol. The van der Waals surface area contributed by atoms with Gasteiger partial charge in [0.1, 0.15) is 11.6 Å². The molecule has 0 aromatic heterocycles. The molecule has 1 aliphatic heterocycles. The maximum atomic E-state index is 13.6. The summed E-state index contributed by atoms with van der Waals surface area (Å²) in [6.07, 6.45) is 0.474. The molecule has 0 aliphatic carbocycles. The van der Waals surface area contributed by atoms with Gasteiger partial charge in [0.15, 0.2) is 5.78 Å². The van der Waals surface area contributed by atoms with Crippen LogP contribution in [-0.4, -0.2) is 31.6 Å². The van der Waals surface area contributed by atoms with E-state index in [4.69, 9.17) is 0 Å². The van der Waals surface area contributed by atoms with Crippen LogP contribution in [-0.2, 0) is 15.4 Å². The summed E-state index contributed by atoms with van der Waals surface area (Å²) in [6.45, 7) is 0.281. The molecule has 1 aliphatic rings. The normalized spacial score (nSPS) is 16.7. The second-order valence-electron chi connectivity index (χ2n) is 7.64. The molecule has 0 amide bonds. The number of sulfonamides is 1. The summed E-state index contributed by atoms with van der Waals surface area (Å²) < 4.78 is 54.3. The zero-order valence-electron chi connectivity index (χ0n) is 16.7. The summed E-state index contributed by atoms with van der Waals surface area (Å²) in [4.78, 5) is 13.8. The Kier molecular flexibility index (Phi) is 5.73. The van der Waals surface area contributed by atoms with E-state index < -0.39 is 27.1 Å². The number of ketones is 1. The molecule has 4 rings (SSSR count). The van der Waals surface area contributed by atoms with E-state index in [1.807, 2.05) is 0 Å². The van der Waals surface area contributed by atoms with Crippen LogP contribution in [0.5, 0.6) is 0 Å². The first-order chi connectivity index (χ1) is 14.8. The van der Waals surface area contributed by atoms with Crippen LogP contribution in [0.25, 0.3) is 0 Å². The predicted molar refractivity (Wildman–Crippen MR) is 113 cm³/mol. The number of piperidine rings is 1. The Balaban J connectivity index is 1.68. The molecule has 0 radical (unpaired) electrons. The molecule has 0 unspecified atom stereocenters. The van der Waals surface area contributed by atoms with E-state index in [1.165, 1.54) is 40.7 Å². The molecule has 0 bridgehead atoms. The lowest BCUT2D eigenvalue weighted by Gasteiger charge is -2.40. The number of hydrogen-bond donors (Lipinski definition) is 0. The van der Waals surface area contributed by atoms with Gasteiger partial charge in [-0.3, -0.25) is 4.79 Å². The van der Waals surface area contributed by atoms with Crippen molar-refractivity contribution in [2.45, 2.75) is 23.2 Å². The lowest BCUT2D eigenvalue weighted by Crippen LogP contribution is -2.49. The third-order valence-electron chi connectivity index (χ3n) is 5.89. The molecule has 0 spiro atoms. The molecule has 3 aromatic rings. The number of hydrogen-bond acceptors (Lipinski definition) is 3. The van der Waals surface area contributed by atoms with Crippen molar-refractivity contribution in [3.05, 3.63) is 102 Å². The number of halogens is 2. The fourth-order valence-electron chi connectivity index (χ4n) is 4.14. The number of Topliss-reactive ketones (excluding diaryl/α,β-unsaturated/α-hetero) is 1. The van der Waals surface area contributed by atoms with Gasteiger partial charge in [-0.2, -0.15) is 4.31 Å². The summed E-state index contributed by atoms with van der Waals surface area (Å²) >= 11 is 0. The SMILES string of the molecule is O=C(c1ccc(F)cc1)C1(c2ccc(F)cc2)CCN(S(=O)(=O)c2ccccc2)CC1. The first-order valence-electron chi connectivity index (χ1n) is 9.95. The van der Waals surface area contributed by atoms with Crippen LogP contribution in [0.4, 0.5) is 8.78 Å². The van der Waals surface area contributed by atoms with E-state index >= 15 is 0 Å². The van der Waals surface area contributed by atoms with Crippen LogP contribution in [0.1, 0.15) is 28.8 Å². The van der Waals surface area contributed by atoms with E-state index in [0.717, 1.165) is 0 Å². The molecule has 1 saturated heterocycles. The topological polar surface area (TPSA) is 54.5 Å². The third-order valence-corrected chi connectivity index (χ3v) is 7.81. The van der Waals surface area contributed by atoms with Gasteiger partial charge in [0.2, 0.25) is 10.0 Å². The number of carbonyl (C=O) groups excluding carboxylic acids is 1. The first-order valence-corrected chi connectivity index (χ1v) is 11.4. The highest BCUT2D eigenvalue weighted by Gasteiger charge is 2.45. The van der Waals surface area contributed by atoms with E-state index in [0.29, 0.717) is 11.1 Å².